The van der Waals surface area contributed by atoms with Crippen molar-refractivity contribution < 1.29 is 82.5 Å². The average Bonchev–Trinajstić information content (AvgIpc) is 4.09. The van der Waals surface area contributed by atoms with Crippen molar-refractivity contribution in [2.24, 2.45) is 17.6 Å². The molecule has 0 aliphatic carbocycles. The van der Waals surface area contributed by atoms with Crippen molar-refractivity contribution in [2.75, 3.05) is 46.7 Å². The maximum absolute atomic E-state index is 14.1. The zero-order chi connectivity index (χ0) is 55.8. The summed E-state index contributed by atoms with van der Waals surface area (Å²) in [5.74, 6) is -6.19. The Labute approximate surface area is 439 Å². The van der Waals surface area contributed by atoms with Crippen LogP contribution in [0.5, 0.6) is 5.75 Å². The number of carboxylic acids is 1. The Kier molecular flexibility index (Phi) is 23.3. The van der Waals surface area contributed by atoms with Gasteiger partial charge in [0.15, 0.2) is 6.10 Å². The molecule has 1 aromatic carbocycles. The largest absolute Gasteiger partial charge is 0.479 e. The molecule has 75 heavy (non-hydrogen) atoms. The molecule has 11 unspecified atom stereocenters. The van der Waals surface area contributed by atoms with Gasteiger partial charge in [-0.15, -0.1) is 11.3 Å². The lowest BCUT2D eigenvalue weighted by molar-refractivity contribution is -0.271. The van der Waals surface area contributed by atoms with E-state index in [1.165, 1.54) is 62.8 Å². The molecule has 26 heteroatoms. The van der Waals surface area contributed by atoms with Crippen LogP contribution in [0.2, 0.25) is 0 Å². The summed E-state index contributed by atoms with van der Waals surface area (Å²) in [5.41, 5.74) is 5.90. The molecule has 7 amide bonds. The first-order chi connectivity index (χ1) is 35.4. The number of benzene rings is 1. The number of aliphatic hydroxyl groups excluding tert-OH is 3. The minimum absolute atomic E-state index is 0.121. The molecule has 2 aliphatic heterocycles. The summed E-state index contributed by atoms with van der Waals surface area (Å²) in [6.45, 7) is 10.9. The van der Waals surface area contributed by atoms with Gasteiger partial charge in [0.25, 0.3) is 0 Å². The van der Waals surface area contributed by atoms with Gasteiger partial charge in [0.05, 0.1) is 55.4 Å². The predicted octanol–water partition coefficient (Wildman–Crippen LogP) is 0.484. The number of ether oxygens (including phenoxy) is 5. The van der Waals surface area contributed by atoms with Gasteiger partial charge in [0, 0.05) is 59.3 Å². The van der Waals surface area contributed by atoms with Gasteiger partial charge in [0.2, 0.25) is 41.7 Å². The minimum atomic E-state index is -2.00. The van der Waals surface area contributed by atoms with Gasteiger partial charge in [-0.25, -0.2) is 14.6 Å². The fourth-order valence-electron chi connectivity index (χ4n) is 8.98. The normalized spacial score (nSPS) is 21.4. The Bertz CT molecular complexity index is 2320. The van der Waals surface area contributed by atoms with Crippen molar-refractivity contribution in [2.45, 2.75) is 140 Å². The summed E-state index contributed by atoms with van der Waals surface area (Å²) in [6.07, 6.45) is -9.63. The fourth-order valence-corrected chi connectivity index (χ4v) is 9.54. The molecule has 416 valence electrons. The molecule has 2 aliphatic rings. The van der Waals surface area contributed by atoms with Gasteiger partial charge < -0.3 is 75.6 Å². The number of hydrogen-bond acceptors (Lipinski definition) is 18. The number of hydrogen-bond donors (Lipinski definition) is 8. The molecular formula is C49H72N8O17S. The summed E-state index contributed by atoms with van der Waals surface area (Å²) in [4.78, 5) is 113. The van der Waals surface area contributed by atoms with Gasteiger partial charge in [-0.3, -0.25) is 33.7 Å². The lowest BCUT2D eigenvalue weighted by Gasteiger charge is -2.38. The number of thiazole rings is 1. The van der Waals surface area contributed by atoms with Crippen LogP contribution < -0.4 is 26.4 Å². The van der Waals surface area contributed by atoms with Crippen LogP contribution in [0.15, 0.2) is 41.9 Å². The lowest BCUT2D eigenvalue weighted by atomic mass is 9.93. The van der Waals surface area contributed by atoms with Gasteiger partial charge in [-0.05, 0) is 42.9 Å². The third-order valence-corrected chi connectivity index (χ3v) is 13.9. The Morgan fingerprint density at radius 2 is 1.67 bits per heavy atom. The maximum atomic E-state index is 14.1. The summed E-state index contributed by atoms with van der Waals surface area (Å²) < 4.78 is 28.1. The Balaban J connectivity index is 1.41. The number of nitrogens with one attached hydrogen (secondary N) is 3. The fraction of sp³-hybridized carbons (Fsp3) is 0.612. The number of carbonyl (C=O) groups excluding carboxylic acids is 7. The number of aliphatic hydroxyl groups is 3. The highest BCUT2D eigenvalue weighted by atomic mass is 32.1. The summed E-state index contributed by atoms with van der Waals surface area (Å²) in [7, 11) is 5.78. The van der Waals surface area contributed by atoms with Crippen molar-refractivity contribution in [3.63, 3.8) is 0 Å². The number of amides is 7. The molecule has 0 bridgehead atoms. The Morgan fingerprint density at radius 3 is 2.27 bits per heavy atom. The van der Waals surface area contributed by atoms with Crippen LogP contribution in [-0.4, -0.2) is 190 Å². The van der Waals surface area contributed by atoms with E-state index in [1.54, 1.807) is 31.9 Å². The van der Waals surface area contributed by atoms with E-state index in [0.717, 1.165) is 9.91 Å². The van der Waals surface area contributed by atoms with E-state index in [0.29, 0.717) is 31.4 Å². The molecule has 25 nitrogen and oxygen atoms in total. The van der Waals surface area contributed by atoms with E-state index in [-0.39, 0.29) is 54.6 Å². The van der Waals surface area contributed by atoms with E-state index >= 15 is 0 Å². The molecule has 0 spiro atoms. The number of carbonyl (C=O) groups is 8. The number of primary amides is 1. The van der Waals surface area contributed by atoms with Gasteiger partial charge in [0.1, 0.15) is 41.7 Å². The standard InChI is InChI=1S/C49H72N8O17S/c1-10-26(4)39(32(70-8)21-36(60)57-18-11-12-30(57)43(71-9)27(5)45(65)52-22-35-51-17-19-75-35)55(6)37(61)23-53-46(66)38(25(2)3)56(7)49(69)72-24-28-13-14-31(29(20-28)54-34(59)16-15-33(50)58)73-48-42(64)40(62)41(63)44(74-48)47(67)68/h13-14,17,19-20,25,27,30,32,38-44,48,62-64H,4,10-12,15-16,18,21-24H2,1-3,5-9H3,(H2,50,58)(H,52,65)(H,53,66)(H,54,59)(H,67,68). The number of aromatic nitrogens is 1. The van der Waals surface area contributed by atoms with Crippen molar-refractivity contribution in [3.8, 4) is 5.75 Å². The average molecular weight is 1080 g/mol. The van der Waals surface area contributed by atoms with Crippen LogP contribution in [0, 0.1) is 11.8 Å². The molecule has 9 N–H and O–H groups in total. The SMILES string of the molecule is C=C(CC)C(C(CC(=O)N1CCCC1C(OC)C(C)C(=O)NCc1nccs1)OC)N(C)C(=O)CNC(=O)C(C(C)C)N(C)C(=O)OCc1ccc(OC2OC(C(=O)O)C(O)C(O)C2O)c(NC(=O)CCC(N)=O)c1. The van der Waals surface area contributed by atoms with Crippen LogP contribution in [-0.2, 0) is 65.7 Å². The van der Waals surface area contributed by atoms with Crippen LogP contribution in [0.25, 0.3) is 0 Å². The van der Waals surface area contributed by atoms with E-state index in [2.05, 4.69) is 27.5 Å². The second kappa shape index (κ2) is 28.6. The van der Waals surface area contributed by atoms with Gasteiger partial charge in [-0.1, -0.05) is 45.9 Å². The lowest BCUT2D eigenvalue weighted by Crippen LogP contribution is -2.61. The number of nitrogens with two attached hydrogens (primary N) is 1. The number of methoxy groups -OCH3 is 2. The van der Waals surface area contributed by atoms with Crippen LogP contribution in [0.4, 0.5) is 10.5 Å². The van der Waals surface area contributed by atoms with Crippen molar-refractivity contribution in [3.05, 3.63) is 52.5 Å². The zero-order valence-electron chi connectivity index (χ0n) is 43.5. The quantitative estimate of drug-likeness (QED) is 0.0564. The molecule has 0 radical (unpaired) electrons. The number of aliphatic carboxylic acids is 1. The molecule has 4 rings (SSSR count). The van der Waals surface area contributed by atoms with Crippen molar-refractivity contribution in [1.29, 1.82) is 0 Å². The Hall–Kier alpha value is -6.29. The number of rotatable bonds is 27. The van der Waals surface area contributed by atoms with Crippen LogP contribution in [0.1, 0.15) is 76.8 Å². The number of nitrogens with zero attached hydrogens (tertiary/aromatic N) is 4. The first-order valence-electron chi connectivity index (χ1n) is 24.4. The highest BCUT2D eigenvalue weighted by molar-refractivity contribution is 7.09. The molecule has 11 atom stereocenters. The molecule has 3 heterocycles. The summed E-state index contributed by atoms with van der Waals surface area (Å²) >= 11 is 1.42. The molecule has 1 aromatic heterocycles. The topological polar surface area (TPSA) is 348 Å². The minimum Gasteiger partial charge on any atom is -0.479 e. The molecule has 0 saturated carbocycles. The van der Waals surface area contributed by atoms with Crippen LogP contribution in [0.3, 0.4) is 0 Å². The molecular weight excluding hydrogens is 1000 g/mol. The first kappa shape index (κ1) is 61.3. The maximum Gasteiger partial charge on any atom is 0.410 e. The first-order valence-corrected chi connectivity index (χ1v) is 25.3. The van der Waals surface area contributed by atoms with Crippen LogP contribution >= 0.6 is 11.3 Å². The smallest absolute Gasteiger partial charge is 0.410 e. The molecule has 2 saturated heterocycles. The van der Waals surface area contributed by atoms with E-state index in [9.17, 15) is 58.8 Å². The third kappa shape index (κ3) is 16.4. The van der Waals surface area contributed by atoms with Gasteiger partial charge >= 0.3 is 12.1 Å². The van der Waals surface area contributed by atoms with Crippen molar-refractivity contribution in [1.82, 2.24) is 30.3 Å². The van der Waals surface area contributed by atoms with Gasteiger partial charge in [-0.2, -0.15) is 0 Å². The second-order valence-electron chi connectivity index (χ2n) is 18.6. The number of anilines is 1. The van der Waals surface area contributed by atoms with E-state index in [4.69, 9.17) is 29.4 Å². The monoisotopic (exact) mass is 1080 g/mol. The Morgan fingerprint density at radius 1 is 0.960 bits per heavy atom. The summed E-state index contributed by atoms with van der Waals surface area (Å²) in [5, 5.41) is 51.0. The zero-order valence-corrected chi connectivity index (χ0v) is 44.3. The summed E-state index contributed by atoms with van der Waals surface area (Å²) in [6, 6.07) is 1.58. The number of carboxylic acid groups (broad SMARTS) is 1. The van der Waals surface area contributed by atoms with E-state index in [1.807, 2.05) is 12.3 Å². The highest BCUT2D eigenvalue weighted by Crippen LogP contribution is 2.32. The molecule has 2 fully saturated rings. The number of likely N-dealkylation sites (tertiary alicyclic amines) is 1. The highest BCUT2D eigenvalue weighted by Gasteiger charge is 2.48. The van der Waals surface area contributed by atoms with Crippen molar-refractivity contribution >= 4 is 64.5 Å². The predicted molar refractivity (Wildman–Crippen MR) is 268 cm³/mol. The molecule has 2 aromatic rings. The second-order valence-corrected chi connectivity index (χ2v) is 19.6. The number of likely N-dealkylation sites (N-methyl/N-ethyl adjacent to an activating group) is 2. The third-order valence-electron chi connectivity index (χ3n) is 13.1. The van der Waals surface area contributed by atoms with E-state index < -0.39 is 122 Å².